The van der Waals surface area contributed by atoms with Gasteiger partial charge in [0.1, 0.15) is 5.75 Å². The van der Waals surface area contributed by atoms with Crippen LogP contribution in [0.5, 0.6) is 5.75 Å². The Morgan fingerprint density at radius 2 is 1.62 bits per heavy atom. The lowest BCUT2D eigenvalue weighted by atomic mass is 9.44. The van der Waals surface area contributed by atoms with Gasteiger partial charge >= 0.3 is 0 Å². The number of amides is 2. The molecule has 3 aliphatic carbocycles. The second-order valence-electron chi connectivity index (χ2n) is 12.8. The van der Waals surface area contributed by atoms with Crippen molar-refractivity contribution in [3.05, 3.63) is 141 Å². The molecule has 1 saturated carbocycles. The third-order valence-electron chi connectivity index (χ3n) is 10.7. The van der Waals surface area contributed by atoms with Crippen LogP contribution in [0, 0.1) is 23.7 Å². The highest BCUT2D eigenvalue weighted by atomic mass is 35.5. The zero-order chi connectivity index (χ0) is 32.4. The number of fused-ring (bicyclic) bond motifs is 4. The summed E-state index contributed by atoms with van der Waals surface area (Å²) in [6.07, 6.45) is 3.99. The molecule has 0 bridgehead atoms. The van der Waals surface area contributed by atoms with E-state index in [9.17, 15) is 19.5 Å². The van der Waals surface area contributed by atoms with E-state index in [1.165, 1.54) is 28.4 Å². The van der Waals surface area contributed by atoms with Crippen molar-refractivity contribution in [2.24, 2.45) is 23.7 Å². The molecule has 1 N–H and O–H groups in total. The van der Waals surface area contributed by atoms with Gasteiger partial charge < -0.3 is 5.11 Å². The molecule has 1 saturated heterocycles. The monoisotopic (exact) mass is 659 g/mol. The van der Waals surface area contributed by atoms with Crippen molar-refractivity contribution in [3.8, 4) is 5.75 Å². The molecule has 2 fully saturated rings. The number of thiophene rings is 1. The van der Waals surface area contributed by atoms with E-state index in [-0.39, 0.29) is 42.1 Å². The second kappa shape index (κ2) is 11.3. The third-order valence-corrected chi connectivity index (χ3v) is 11.8. The fourth-order valence-electron chi connectivity index (χ4n) is 8.75. The number of allylic oxidation sites excluding steroid dienone is 4. The molecule has 47 heavy (non-hydrogen) atoms. The molecular weight excluding hydrogens is 630 g/mol. The van der Waals surface area contributed by atoms with Gasteiger partial charge in [-0.25, -0.2) is 0 Å². The van der Waals surface area contributed by atoms with E-state index in [0.29, 0.717) is 33.7 Å². The van der Waals surface area contributed by atoms with E-state index < -0.39 is 35.0 Å². The predicted molar refractivity (Wildman–Crippen MR) is 180 cm³/mol. The fraction of sp³-hybridized carbons (Fsp3) is 0.231. The van der Waals surface area contributed by atoms with Gasteiger partial charge in [0.05, 0.1) is 23.8 Å². The Morgan fingerprint density at radius 3 is 2.34 bits per heavy atom. The number of likely N-dealkylation sites (tertiary alicyclic amines) is 1. The highest BCUT2D eigenvalue weighted by molar-refractivity contribution is 7.09. The average Bonchev–Trinajstić information content (AvgIpc) is 3.70. The van der Waals surface area contributed by atoms with Crippen molar-refractivity contribution in [1.29, 1.82) is 0 Å². The number of rotatable bonds is 5. The molecule has 6 nitrogen and oxygen atoms in total. The first-order valence-corrected chi connectivity index (χ1v) is 17.0. The Bertz CT molecular complexity index is 2000. The van der Waals surface area contributed by atoms with Gasteiger partial charge in [0.15, 0.2) is 11.6 Å². The average molecular weight is 660 g/mol. The number of carbonyl (C=O) groups is 4. The highest BCUT2D eigenvalue weighted by Gasteiger charge is 2.66. The summed E-state index contributed by atoms with van der Waals surface area (Å²) >= 11 is 8.06. The lowest BCUT2D eigenvalue weighted by Crippen LogP contribution is -2.58. The summed E-state index contributed by atoms with van der Waals surface area (Å²) in [5, 5.41) is 13.7. The summed E-state index contributed by atoms with van der Waals surface area (Å²) < 4.78 is 0. The second-order valence-corrected chi connectivity index (χ2v) is 14.3. The number of nitrogens with zero attached hydrogens (tertiary/aromatic N) is 1. The first-order chi connectivity index (χ1) is 22.8. The zero-order valence-corrected chi connectivity index (χ0v) is 26.8. The number of carbonyl (C=O) groups excluding carboxylic acids is 4. The summed E-state index contributed by atoms with van der Waals surface area (Å²) in [4.78, 5) is 60.3. The van der Waals surface area contributed by atoms with Crippen LogP contribution in [-0.4, -0.2) is 33.4 Å². The molecule has 2 amide bonds. The van der Waals surface area contributed by atoms with Gasteiger partial charge in [-0.05, 0) is 65.6 Å². The quantitative estimate of drug-likeness (QED) is 0.182. The molecule has 8 rings (SSSR count). The van der Waals surface area contributed by atoms with Gasteiger partial charge in [0.2, 0.25) is 11.8 Å². The maximum Gasteiger partial charge on any atom is 0.234 e. The topological polar surface area (TPSA) is 91.8 Å². The number of aromatic hydroxyl groups is 1. The summed E-state index contributed by atoms with van der Waals surface area (Å²) in [6.45, 7) is 0.207. The Hall–Kier alpha value is -4.59. The number of hydrogen-bond donors (Lipinski definition) is 1. The number of phenols is 1. The largest absolute Gasteiger partial charge is 0.508 e. The number of Topliss-reactive ketones (excluding diaryl/α,β-unsaturated/α-hetero) is 1. The van der Waals surface area contributed by atoms with E-state index in [1.54, 1.807) is 12.1 Å². The molecule has 0 radical (unpaired) electrons. The molecule has 1 aromatic heterocycles. The molecule has 6 atom stereocenters. The van der Waals surface area contributed by atoms with Crippen molar-refractivity contribution >= 4 is 51.9 Å². The summed E-state index contributed by atoms with van der Waals surface area (Å²) in [5.41, 5.74) is 1.43. The Labute approximate surface area is 281 Å². The maximum absolute atomic E-state index is 15.0. The molecule has 0 unspecified atom stereocenters. The Balaban J connectivity index is 1.36. The van der Waals surface area contributed by atoms with Crippen LogP contribution in [0.3, 0.4) is 0 Å². The molecule has 4 aromatic rings. The number of benzene rings is 3. The first kappa shape index (κ1) is 29.8. The number of phenolic OH excluding ortho intramolecular Hbond substituents is 1. The zero-order valence-electron chi connectivity index (χ0n) is 25.2. The van der Waals surface area contributed by atoms with Gasteiger partial charge in [-0.3, -0.25) is 24.1 Å². The van der Waals surface area contributed by atoms with E-state index in [4.69, 9.17) is 11.6 Å². The molecule has 2 heterocycles. The van der Waals surface area contributed by atoms with E-state index in [0.717, 1.165) is 10.5 Å². The van der Waals surface area contributed by atoms with Crippen LogP contribution in [0.1, 0.15) is 40.3 Å². The van der Waals surface area contributed by atoms with E-state index in [2.05, 4.69) is 0 Å². The molecule has 8 heteroatoms. The Morgan fingerprint density at radius 1 is 0.872 bits per heavy atom. The van der Waals surface area contributed by atoms with Gasteiger partial charge in [0.25, 0.3) is 0 Å². The normalized spacial score (nSPS) is 28.4. The minimum absolute atomic E-state index is 0.0524. The van der Waals surface area contributed by atoms with Gasteiger partial charge in [0, 0.05) is 32.9 Å². The van der Waals surface area contributed by atoms with E-state index >= 15 is 4.79 Å². The smallest absolute Gasteiger partial charge is 0.234 e. The van der Waals surface area contributed by atoms with Crippen molar-refractivity contribution < 1.29 is 24.3 Å². The molecule has 4 aliphatic rings. The van der Waals surface area contributed by atoms with Crippen molar-refractivity contribution in [3.63, 3.8) is 0 Å². The van der Waals surface area contributed by atoms with Crippen LogP contribution < -0.4 is 0 Å². The van der Waals surface area contributed by atoms with Crippen molar-refractivity contribution in [1.82, 2.24) is 4.90 Å². The van der Waals surface area contributed by atoms with Crippen LogP contribution in [0.4, 0.5) is 0 Å². The van der Waals surface area contributed by atoms with E-state index in [1.807, 2.05) is 84.3 Å². The number of hydrogen-bond acceptors (Lipinski definition) is 6. The summed E-state index contributed by atoms with van der Waals surface area (Å²) in [5.74, 6) is -4.39. The number of imide groups is 1. The fourth-order valence-corrected chi connectivity index (χ4v) is 9.63. The van der Waals surface area contributed by atoms with Crippen LogP contribution in [0.25, 0.3) is 5.57 Å². The SMILES string of the molecule is O=C1C(c2ccccc2)=CC(=O)[C@@]2(c3ccccc3)[C@@H](c3cc(Cl)ccc3O)C3=CC[C@@H]4C(=O)N(Cc5cccs5)C(=O)[C@@H]4[C@@H]3C[C@@H]12. The molecule has 1 aliphatic heterocycles. The summed E-state index contributed by atoms with van der Waals surface area (Å²) in [7, 11) is 0. The number of ketones is 2. The van der Waals surface area contributed by atoms with Gasteiger partial charge in [-0.1, -0.05) is 90.0 Å². The first-order valence-electron chi connectivity index (χ1n) is 15.8. The minimum Gasteiger partial charge on any atom is -0.508 e. The lowest BCUT2D eigenvalue weighted by molar-refractivity contribution is -0.141. The van der Waals surface area contributed by atoms with Crippen molar-refractivity contribution in [2.75, 3.05) is 0 Å². The molecule has 234 valence electrons. The predicted octanol–water partition coefficient (Wildman–Crippen LogP) is 7.13. The minimum atomic E-state index is -1.42. The third kappa shape index (κ3) is 4.44. The molecule has 3 aromatic carbocycles. The summed E-state index contributed by atoms with van der Waals surface area (Å²) in [6, 6.07) is 27.0. The van der Waals surface area contributed by atoms with Crippen LogP contribution in [0.2, 0.25) is 5.02 Å². The molecule has 0 spiro atoms. The number of halogens is 1. The van der Waals surface area contributed by atoms with Crippen LogP contribution in [0.15, 0.2) is 114 Å². The maximum atomic E-state index is 15.0. The van der Waals surface area contributed by atoms with Gasteiger partial charge in [-0.15, -0.1) is 11.3 Å². The van der Waals surface area contributed by atoms with Crippen LogP contribution in [-0.2, 0) is 31.1 Å². The van der Waals surface area contributed by atoms with Crippen molar-refractivity contribution in [2.45, 2.75) is 30.7 Å². The Kier molecular flexibility index (Phi) is 7.15. The molecular formula is C39H30ClNO5S. The van der Waals surface area contributed by atoms with Crippen LogP contribution >= 0.6 is 22.9 Å². The standard InChI is InChI=1S/C39H30ClNO5S/c40-24-13-16-32(42)30(18-24)35-26-14-15-27-34(38(46)41(37(27)45)21-25-12-7-17-47-25)29(26)19-31-36(44)28(22-8-3-1-4-9-22)20-33(43)39(31,35)23-10-5-2-6-11-23/h1-14,16-18,20,27,29,31,34-35,42H,15,19,21H2/t27-,29+,31-,34-,35+,39-/m0/s1. The highest BCUT2D eigenvalue weighted by Crippen LogP contribution is 2.64. The van der Waals surface area contributed by atoms with Gasteiger partial charge in [-0.2, -0.15) is 0 Å². The lowest BCUT2D eigenvalue weighted by Gasteiger charge is -2.55.